The number of hydrogen-bond donors (Lipinski definition) is 2. The van der Waals surface area contributed by atoms with Gasteiger partial charge in [-0.2, -0.15) is 0 Å². The Hall–Kier alpha value is -4.38. The minimum atomic E-state index is -3.73. The van der Waals surface area contributed by atoms with Crippen molar-refractivity contribution in [3.8, 4) is 23.0 Å². The van der Waals surface area contributed by atoms with Crippen LogP contribution in [0.1, 0.15) is 10.4 Å². The first-order valence-corrected chi connectivity index (χ1v) is 11.4. The highest BCUT2D eigenvalue weighted by Crippen LogP contribution is 2.33. The quantitative estimate of drug-likeness (QED) is 0.389. The largest absolute Gasteiger partial charge is 0.497 e. The van der Waals surface area contributed by atoms with Crippen LogP contribution in [-0.2, 0) is 10.0 Å². The Bertz CT molecular complexity index is 1400. The molecule has 3 aromatic carbocycles. The van der Waals surface area contributed by atoms with Crippen molar-refractivity contribution in [1.82, 2.24) is 10.2 Å². The van der Waals surface area contributed by atoms with E-state index in [1.54, 1.807) is 43.5 Å². The van der Waals surface area contributed by atoms with Crippen LogP contribution in [0.2, 0.25) is 0 Å². The predicted octanol–water partition coefficient (Wildman–Crippen LogP) is 3.81. The summed E-state index contributed by atoms with van der Waals surface area (Å²) in [6, 6.07) is 18.9. The van der Waals surface area contributed by atoms with Gasteiger partial charge in [0.2, 0.25) is 0 Å². The number of aromatic nitrogens is 2. The molecule has 10 nitrogen and oxygen atoms in total. The monoisotopic (exact) mass is 480 g/mol. The van der Waals surface area contributed by atoms with E-state index in [4.69, 9.17) is 13.9 Å². The van der Waals surface area contributed by atoms with E-state index in [9.17, 15) is 13.2 Å². The van der Waals surface area contributed by atoms with Gasteiger partial charge in [0, 0.05) is 17.3 Å². The molecule has 4 aromatic rings. The molecule has 0 fully saturated rings. The van der Waals surface area contributed by atoms with Crippen molar-refractivity contribution in [3.63, 3.8) is 0 Å². The van der Waals surface area contributed by atoms with Gasteiger partial charge in [0.05, 0.1) is 24.7 Å². The number of ether oxygens (including phenoxy) is 2. The highest BCUT2D eigenvalue weighted by Gasteiger charge is 2.17. The molecule has 0 unspecified atom stereocenters. The number of nitrogens with one attached hydrogen (secondary N) is 2. The van der Waals surface area contributed by atoms with Crippen LogP contribution in [0.4, 0.5) is 11.7 Å². The SMILES string of the molecule is COc1ccc(-c2nnc(NC(=O)c3ccc(NS(=O)(=O)c4ccccc4)cc3)o2)c(OC)c1. The number of methoxy groups -OCH3 is 2. The molecular weight excluding hydrogens is 460 g/mol. The number of sulfonamides is 1. The van der Waals surface area contributed by atoms with Crippen LogP contribution < -0.4 is 19.5 Å². The van der Waals surface area contributed by atoms with Crippen molar-refractivity contribution in [1.29, 1.82) is 0 Å². The molecule has 0 radical (unpaired) electrons. The van der Waals surface area contributed by atoms with Gasteiger partial charge in [-0.05, 0) is 48.5 Å². The van der Waals surface area contributed by atoms with Gasteiger partial charge >= 0.3 is 6.01 Å². The molecule has 0 aliphatic carbocycles. The van der Waals surface area contributed by atoms with Gasteiger partial charge in [0.15, 0.2) is 0 Å². The average molecular weight is 481 g/mol. The number of anilines is 2. The molecule has 11 heteroatoms. The summed E-state index contributed by atoms with van der Waals surface area (Å²) < 4.78 is 43.4. The number of amides is 1. The highest BCUT2D eigenvalue weighted by atomic mass is 32.2. The van der Waals surface area contributed by atoms with Gasteiger partial charge in [-0.3, -0.25) is 14.8 Å². The second-order valence-electron chi connectivity index (χ2n) is 6.93. The van der Waals surface area contributed by atoms with E-state index in [1.807, 2.05) is 0 Å². The summed E-state index contributed by atoms with van der Waals surface area (Å²) in [5.74, 6) is 0.715. The lowest BCUT2D eigenvalue weighted by atomic mass is 10.2. The van der Waals surface area contributed by atoms with Crippen molar-refractivity contribution in [2.24, 2.45) is 0 Å². The van der Waals surface area contributed by atoms with Crippen molar-refractivity contribution < 1.29 is 27.1 Å². The molecular formula is C23H20N4O6S. The Morgan fingerprint density at radius 1 is 0.912 bits per heavy atom. The second kappa shape index (κ2) is 9.63. The number of nitrogens with zero attached hydrogens (tertiary/aromatic N) is 2. The molecule has 0 saturated heterocycles. The third-order valence-corrected chi connectivity index (χ3v) is 6.13. The van der Waals surface area contributed by atoms with E-state index < -0.39 is 15.9 Å². The van der Waals surface area contributed by atoms with E-state index in [1.165, 1.54) is 43.5 Å². The number of benzene rings is 3. The van der Waals surface area contributed by atoms with E-state index in [-0.39, 0.29) is 22.4 Å². The second-order valence-corrected chi connectivity index (χ2v) is 8.61. The first-order valence-electron chi connectivity index (χ1n) is 9.95. The summed E-state index contributed by atoms with van der Waals surface area (Å²) >= 11 is 0. The van der Waals surface area contributed by atoms with E-state index in [2.05, 4.69) is 20.2 Å². The molecule has 0 spiro atoms. The van der Waals surface area contributed by atoms with Crippen molar-refractivity contribution in [2.75, 3.05) is 24.3 Å². The maximum Gasteiger partial charge on any atom is 0.322 e. The molecule has 4 rings (SSSR count). The maximum absolute atomic E-state index is 12.6. The van der Waals surface area contributed by atoms with Crippen LogP contribution in [0.15, 0.2) is 82.1 Å². The van der Waals surface area contributed by atoms with Gasteiger partial charge < -0.3 is 13.9 Å². The van der Waals surface area contributed by atoms with Crippen LogP contribution in [0, 0.1) is 0 Å². The van der Waals surface area contributed by atoms with Gasteiger partial charge in [-0.15, -0.1) is 5.10 Å². The molecule has 34 heavy (non-hydrogen) atoms. The Balaban J connectivity index is 1.45. The summed E-state index contributed by atoms with van der Waals surface area (Å²) in [5.41, 5.74) is 1.11. The normalized spacial score (nSPS) is 11.0. The summed E-state index contributed by atoms with van der Waals surface area (Å²) in [6.07, 6.45) is 0. The van der Waals surface area contributed by atoms with Crippen LogP contribution in [-0.4, -0.2) is 38.7 Å². The summed E-state index contributed by atoms with van der Waals surface area (Å²) in [7, 11) is -0.689. The minimum absolute atomic E-state index is 0.105. The average Bonchev–Trinajstić information content (AvgIpc) is 3.32. The van der Waals surface area contributed by atoms with Crippen molar-refractivity contribution >= 4 is 27.6 Å². The Morgan fingerprint density at radius 2 is 1.65 bits per heavy atom. The van der Waals surface area contributed by atoms with Gasteiger partial charge in [-0.1, -0.05) is 23.3 Å². The molecule has 0 atom stereocenters. The fourth-order valence-corrected chi connectivity index (χ4v) is 4.11. The van der Waals surface area contributed by atoms with Crippen LogP contribution in [0.3, 0.4) is 0 Å². The van der Waals surface area contributed by atoms with Crippen LogP contribution in [0.5, 0.6) is 11.5 Å². The number of carbonyl (C=O) groups is 1. The third kappa shape index (κ3) is 4.99. The predicted molar refractivity (Wildman–Crippen MR) is 124 cm³/mol. The molecule has 174 valence electrons. The molecule has 1 amide bonds. The van der Waals surface area contributed by atoms with E-state index in [0.717, 1.165) is 0 Å². The zero-order valence-corrected chi connectivity index (χ0v) is 19.0. The Kier molecular flexibility index (Phi) is 6.46. The fraction of sp³-hybridized carbons (Fsp3) is 0.0870. The summed E-state index contributed by atoms with van der Waals surface area (Å²) in [5, 5.41) is 10.3. The fourth-order valence-electron chi connectivity index (χ4n) is 3.03. The van der Waals surface area contributed by atoms with Gasteiger partial charge in [-0.25, -0.2) is 8.42 Å². The summed E-state index contributed by atoms with van der Waals surface area (Å²) in [4.78, 5) is 12.7. The molecule has 0 aliphatic heterocycles. The molecule has 0 saturated carbocycles. The topological polar surface area (TPSA) is 133 Å². The summed E-state index contributed by atoms with van der Waals surface area (Å²) in [6.45, 7) is 0. The number of hydrogen-bond acceptors (Lipinski definition) is 8. The van der Waals surface area contributed by atoms with E-state index in [0.29, 0.717) is 22.7 Å². The van der Waals surface area contributed by atoms with Crippen LogP contribution >= 0.6 is 0 Å². The van der Waals surface area contributed by atoms with E-state index >= 15 is 0 Å². The zero-order valence-electron chi connectivity index (χ0n) is 18.2. The Morgan fingerprint density at radius 3 is 2.32 bits per heavy atom. The smallest absolute Gasteiger partial charge is 0.322 e. The minimum Gasteiger partial charge on any atom is -0.497 e. The number of carbonyl (C=O) groups excluding carboxylic acids is 1. The lowest BCUT2D eigenvalue weighted by Gasteiger charge is -2.08. The zero-order chi connectivity index (χ0) is 24.1. The molecule has 2 N–H and O–H groups in total. The first-order chi connectivity index (χ1) is 16.4. The molecule has 1 aromatic heterocycles. The van der Waals surface area contributed by atoms with Crippen LogP contribution in [0.25, 0.3) is 11.5 Å². The molecule has 0 bridgehead atoms. The first kappa shape index (κ1) is 22.8. The lowest BCUT2D eigenvalue weighted by molar-refractivity contribution is 0.102. The van der Waals surface area contributed by atoms with Gasteiger partial charge in [0.25, 0.3) is 21.8 Å². The maximum atomic E-state index is 12.6. The molecule has 0 aliphatic rings. The van der Waals surface area contributed by atoms with Crippen molar-refractivity contribution in [2.45, 2.75) is 4.90 Å². The lowest BCUT2D eigenvalue weighted by Crippen LogP contribution is -2.14. The standard InChI is InChI=1S/C23H20N4O6S/c1-31-17-12-13-19(20(14-17)32-2)22-25-26-23(33-22)24-21(28)15-8-10-16(11-9-15)27-34(29,30)18-6-4-3-5-7-18/h3-14,27H,1-2H3,(H,24,26,28). The van der Waals surface area contributed by atoms with Crippen molar-refractivity contribution in [3.05, 3.63) is 78.4 Å². The molecule has 1 heterocycles. The number of rotatable bonds is 8. The third-order valence-electron chi connectivity index (χ3n) is 4.74. The van der Waals surface area contributed by atoms with Gasteiger partial charge in [0.1, 0.15) is 11.5 Å². The highest BCUT2D eigenvalue weighted by molar-refractivity contribution is 7.92. The Labute approximate surface area is 195 Å².